The predicted octanol–water partition coefficient (Wildman–Crippen LogP) is 5.23. The number of carbonyl (C=O) groups is 3. The highest BCUT2D eigenvalue weighted by atomic mass is 127. The summed E-state index contributed by atoms with van der Waals surface area (Å²) in [6.45, 7) is 1.89. The summed E-state index contributed by atoms with van der Waals surface area (Å²) in [7, 11) is 1.22. The molecule has 1 atom stereocenters. The van der Waals surface area contributed by atoms with Crippen molar-refractivity contribution in [2.75, 3.05) is 7.11 Å². The maximum absolute atomic E-state index is 12.6. The number of esters is 1. The lowest BCUT2D eigenvalue weighted by molar-refractivity contribution is -0.148. The molecule has 156 valence electrons. The Kier molecular flexibility index (Phi) is 7.59. The number of rotatable bonds is 6. The molecule has 0 aliphatic carbocycles. The van der Waals surface area contributed by atoms with E-state index in [1.54, 1.807) is 24.3 Å². The number of methoxy groups -OCH3 is 1. The van der Waals surface area contributed by atoms with Gasteiger partial charge in [0.2, 0.25) is 0 Å². The van der Waals surface area contributed by atoms with Crippen LogP contribution in [0.3, 0.4) is 0 Å². The number of nitrogens with zero attached hydrogens (tertiary/aromatic N) is 1. The van der Waals surface area contributed by atoms with Crippen LogP contribution in [0.1, 0.15) is 18.1 Å². The Labute approximate surface area is 200 Å². The molecule has 1 aliphatic rings. The number of hydrogen-bond acceptors (Lipinski definition) is 6. The summed E-state index contributed by atoms with van der Waals surface area (Å²) in [5.41, 5.74) is 1.78. The lowest BCUT2D eigenvalue weighted by Crippen LogP contribution is -2.42. The number of thioether (sulfide) groups is 1. The van der Waals surface area contributed by atoms with E-state index in [9.17, 15) is 14.4 Å². The zero-order chi connectivity index (χ0) is 21.8. The normalized spacial score (nSPS) is 16.1. The lowest BCUT2D eigenvalue weighted by atomic mass is 10.2. The van der Waals surface area contributed by atoms with Crippen molar-refractivity contribution >= 4 is 73.5 Å². The Morgan fingerprint density at radius 2 is 1.93 bits per heavy atom. The van der Waals surface area contributed by atoms with E-state index in [0.717, 1.165) is 35.8 Å². The van der Waals surface area contributed by atoms with Crippen molar-refractivity contribution in [2.45, 2.75) is 19.6 Å². The first kappa shape index (κ1) is 22.8. The number of benzene rings is 2. The SMILES string of the molecule is COC(=O)[C@H](C)N1C(=O)S/C(=C/c2ccc(OCc3ccc(I)cc3)c(Br)c2)C1=O. The Bertz CT molecular complexity index is 1020. The van der Waals surface area contributed by atoms with E-state index < -0.39 is 23.2 Å². The number of imide groups is 1. The number of ether oxygens (including phenoxy) is 2. The van der Waals surface area contributed by atoms with Gasteiger partial charge in [0.15, 0.2) is 0 Å². The van der Waals surface area contributed by atoms with Crippen LogP contribution in [-0.4, -0.2) is 35.2 Å². The summed E-state index contributed by atoms with van der Waals surface area (Å²) in [4.78, 5) is 37.6. The molecule has 9 heteroatoms. The zero-order valence-electron chi connectivity index (χ0n) is 16.1. The van der Waals surface area contributed by atoms with Crippen LogP contribution in [0.5, 0.6) is 5.75 Å². The molecule has 30 heavy (non-hydrogen) atoms. The number of carbonyl (C=O) groups excluding carboxylic acids is 3. The molecular weight excluding hydrogens is 585 g/mol. The maximum atomic E-state index is 12.6. The third-order valence-corrected chi connectivity index (χ3v) is 6.54. The highest BCUT2D eigenvalue weighted by Gasteiger charge is 2.41. The van der Waals surface area contributed by atoms with Crippen molar-refractivity contribution in [3.8, 4) is 5.75 Å². The van der Waals surface area contributed by atoms with Crippen molar-refractivity contribution in [1.29, 1.82) is 0 Å². The second kappa shape index (κ2) is 9.97. The summed E-state index contributed by atoms with van der Waals surface area (Å²) >= 11 is 6.53. The quantitative estimate of drug-likeness (QED) is 0.256. The van der Waals surface area contributed by atoms with E-state index in [4.69, 9.17) is 4.74 Å². The minimum atomic E-state index is -0.975. The summed E-state index contributed by atoms with van der Waals surface area (Å²) in [6.07, 6.45) is 1.61. The van der Waals surface area contributed by atoms with Gasteiger partial charge in [0, 0.05) is 3.57 Å². The van der Waals surface area contributed by atoms with E-state index in [1.165, 1.54) is 14.0 Å². The molecule has 2 aromatic rings. The molecule has 2 amide bonds. The van der Waals surface area contributed by atoms with Gasteiger partial charge in [-0.15, -0.1) is 0 Å². The third kappa shape index (κ3) is 5.25. The van der Waals surface area contributed by atoms with E-state index in [-0.39, 0.29) is 4.91 Å². The molecule has 0 saturated carbocycles. The Morgan fingerprint density at radius 3 is 2.57 bits per heavy atom. The van der Waals surface area contributed by atoms with E-state index in [0.29, 0.717) is 12.4 Å². The Morgan fingerprint density at radius 1 is 1.23 bits per heavy atom. The van der Waals surface area contributed by atoms with Crippen LogP contribution in [0.4, 0.5) is 4.79 Å². The van der Waals surface area contributed by atoms with Crippen molar-refractivity contribution in [1.82, 2.24) is 4.90 Å². The Balaban J connectivity index is 1.72. The first-order valence-electron chi connectivity index (χ1n) is 8.82. The first-order chi connectivity index (χ1) is 14.3. The van der Waals surface area contributed by atoms with Gasteiger partial charge in [-0.2, -0.15) is 0 Å². The number of hydrogen-bond donors (Lipinski definition) is 0. The molecule has 0 spiro atoms. The number of amides is 2. The average molecular weight is 602 g/mol. The van der Waals surface area contributed by atoms with Gasteiger partial charge in [-0.1, -0.05) is 18.2 Å². The summed E-state index contributed by atoms with van der Waals surface area (Å²) < 4.78 is 12.4. The lowest BCUT2D eigenvalue weighted by Gasteiger charge is -2.18. The van der Waals surface area contributed by atoms with Crippen LogP contribution in [0, 0.1) is 3.57 Å². The van der Waals surface area contributed by atoms with Crippen LogP contribution in [0.25, 0.3) is 6.08 Å². The molecule has 0 radical (unpaired) electrons. The minimum absolute atomic E-state index is 0.246. The van der Waals surface area contributed by atoms with Crippen LogP contribution in [-0.2, 0) is 20.9 Å². The van der Waals surface area contributed by atoms with Gasteiger partial charge in [-0.3, -0.25) is 14.5 Å². The van der Waals surface area contributed by atoms with Gasteiger partial charge < -0.3 is 9.47 Å². The molecule has 1 fully saturated rings. The second-order valence-electron chi connectivity index (χ2n) is 6.36. The fraction of sp³-hybridized carbons (Fsp3) is 0.190. The average Bonchev–Trinajstić information content (AvgIpc) is 3.00. The van der Waals surface area contributed by atoms with Gasteiger partial charge in [0.05, 0.1) is 16.5 Å². The predicted molar refractivity (Wildman–Crippen MR) is 127 cm³/mol. The van der Waals surface area contributed by atoms with E-state index in [1.807, 2.05) is 24.3 Å². The molecule has 1 aliphatic heterocycles. The van der Waals surface area contributed by atoms with Crippen LogP contribution >= 0.6 is 50.3 Å². The van der Waals surface area contributed by atoms with Gasteiger partial charge in [0.25, 0.3) is 11.1 Å². The van der Waals surface area contributed by atoms with Crippen molar-refractivity contribution in [3.63, 3.8) is 0 Å². The van der Waals surface area contributed by atoms with Crippen LogP contribution in [0.2, 0.25) is 0 Å². The molecule has 1 heterocycles. The topological polar surface area (TPSA) is 72.9 Å². The number of halogens is 2. The summed E-state index contributed by atoms with van der Waals surface area (Å²) in [5.74, 6) is -0.493. The molecule has 6 nitrogen and oxygen atoms in total. The van der Waals surface area contributed by atoms with Crippen molar-refractivity contribution in [3.05, 3.63) is 66.5 Å². The fourth-order valence-electron chi connectivity index (χ4n) is 2.71. The first-order valence-corrected chi connectivity index (χ1v) is 11.5. The zero-order valence-corrected chi connectivity index (χ0v) is 20.6. The van der Waals surface area contributed by atoms with Crippen molar-refractivity contribution < 1.29 is 23.9 Å². The molecule has 0 unspecified atom stereocenters. The molecule has 0 N–H and O–H groups in total. The largest absolute Gasteiger partial charge is 0.488 e. The Hall–Kier alpha value is -1.85. The van der Waals surface area contributed by atoms with E-state index in [2.05, 4.69) is 43.3 Å². The van der Waals surface area contributed by atoms with Gasteiger partial charge in [-0.05, 0) is 98.7 Å². The maximum Gasteiger partial charge on any atom is 0.328 e. The van der Waals surface area contributed by atoms with Gasteiger partial charge >= 0.3 is 5.97 Å². The molecule has 1 saturated heterocycles. The summed E-state index contributed by atoms with van der Waals surface area (Å²) in [5, 5.41) is -0.499. The molecule has 2 aromatic carbocycles. The molecule has 0 bridgehead atoms. The van der Waals surface area contributed by atoms with Gasteiger partial charge in [0.1, 0.15) is 18.4 Å². The highest BCUT2D eigenvalue weighted by Crippen LogP contribution is 2.35. The second-order valence-corrected chi connectivity index (χ2v) is 9.45. The molecular formula is C21H17BrINO5S. The smallest absolute Gasteiger partial charge is 0.328 e. The summed E-state index contributed by atoms with van der Waals surface area (Å²) in [6, 6.07) is 12.5. The van der Waals surface area contributed by atoms with Crippen LogP contribution in [0.15, 0.2) is 51.8 Å². The minimum Gasteiger partial charge on any atom is -0.488 e. The van der Waals surface area contributed by atoms with Crippen molar-refractivity contribution in [2.24, 2.45) is 0 Å². The highest BCUT2D eigenvalue weighted by molar-refractivity contribution is 14.1. The molecule has 0 aromatic heterocycles. The molecule has 3 rings (SSSR count). The standard InChI is InChI=1S/C21H17BrINO5S/c1-12(20(26)28-2)24-19(25)18(30-21(24)27)10-14-5-8-17(16(22)9-14)29-11-13-3-6-15(23)7-4-13/h3-10,12H,11H2,1-2H3/b18-10+/t12-/m0/s1. The third-order valence-electron chi connectivity index (χ3n) is 4.31. The fourth-order valence-corrected chi connectivity index (χ4v) is 4.49. The monoisotopic (exact) mass is 601 g/mol. The van der Waals surface area contributed by atoms with Gasteiger partial charge in [-0.25, -0.2) is 4.79 Å². The van der Waals surface area contributed by atoms with E-state index >= 15 is 0 Å². The van der Waals surface area contributed by atoms with Crippen LogP contribution < -0.4 is 4.74 Å².